The molecule has 1 aromatic rings. The van der Waals surface area contributed by atoms with Crippen molar-refractivity contribution in [3.8, 4) is 0 Å². The Kier molecular flexibility index (Phi) is 3.07. The third-order valence-corrected chi connectivity index (χ3v) is 1.50. The minimum Gasteiger partial charge on any atom is -0.396 e. The van der Waals surface area contributed by atoms with Gasteiger partial charge in [-0.1, -0.05) is 0 Å². The van der Waals surface area contributed by atoms with Gasteiger partial charge in [0, 0.05) is 25.5 Å². The molecule has 1 rings (SSSR count). The molecule has 0 aliphatic rings. The van der Waals surface area contributed by atoms with Gasteiger partial charge in [0.1, 0.15) is 12.4 Å². The van der Waals surface area contributed by atoms with E-state index in [4.69, 9.17) is 10.2 Å². The number of aryl methyl sites for hydroxylation is 1. The van der Waals surface area contributed by atoms with Crippen LogP contribution in [0.25, 0.3) is 0 Å². The van der Waals surface area contributed by atoms with Crippen molar-refractivity contribution in [1.82, 2.24) is 9.55 Å². The summed E-state index contributed by atoms with van der Waals surface area (Å²) in [7, 11) is 0. The zero-order valence-corrected chi connectivity index (χ0v) is 6.27. The Morgan fingerprint density at radius 2 is 2.27 bits per heavy atom. The van der Waals surface area contributed by atoms with Crippen molar-refractivity contribution >= 4 is 0 Å². The minimum atomic E-state index is -0.0432. The maximum absolute atomic E-state index is 8.76. The van der Waals surface area contributed by atoms with E-state index in [1.807, 2.05) is 4.57 Å². The molecule has 0 saturated carbocycles. The first-order valence-electron chi connectivity index (χ1n) is 3.60. The second-order valence-corrected chi connectivity index (χ2v) is 2.27. The van der Waals surface area contributed by atoms with E-state index in [9.17, 15) is 0 Å². The normalized spacial score (nSPS) is 10.4. The molecule has 0 amide bonds. The van der Waals surface area contributed by atoms with Gasteiger partial charge in [-0.05, 0) is 6.42 Å². The first kappa shape index (κ1) is 8.23. The minimum absolute atomic E-state index is 0.0432. The summed E-state index contributed by atoms with van der Waals surface area (Å²) in [6.45, 7) is 0.841. The van der Waals surface area contributed by atoms with Gasteiger partial charge >= 0.3 is 0 Å². The number of rotatable bonds is 4. The highest BCUT2D eigenvalue weighted by molar-refractivity contribution is 4.89. The van der Waals surface area contributed by atoms with Crippen LogP contribution in [-0.4, -0.2) is 26.4 Å². The van der Waals surface area contributed by atoms with Crippen molar-refractivity contribution in [2.24, 2.45) is 0 Å². The molecule has 1 aromatic heterocycles. The quantitative estimate of drug-likeness (QED) is 0.632. The third-order valence-electron chi connectivity index (χ3n) is 1.50. The molecule has 0 unspecified atom stereocenters. The van der Waals surface area contributed by atoms with Gasteiger partial charge in [-0.25, -0.2) is 4.98 Å². The molecule has 62 valence electrons. The molecule has 4 nitrogen and oxygen atoms in total. The summed E-state index contributed by atoms with van der Waals surface area (Å²) in [5.41, 5.74) is 0. The SMILES string of the molecule is OCCCn1ccnc1CO. The number of hydrogen-bond donors (Lipinski definition) is 2. The van der Waals surface area contributed by atoms with E-state index in [1.54, 1.807) is 12.4 Å². The summed E-state index contributed by atoms with van der Waals surface area (Å²) in [5, 5.41) is 17.3. The molecule has 0 aliphatic carbocycles. The highest BCUT2D eigenvalue weighted by Gasteiger charge is 1.98. The van der Waals surface area contributed by atoms with Crippen LogP contribution in [0.1, 0.15) is 12.2 Å². The van der Waals surface area contributed by atoms with E-state index in [0.29, 0.717) is 18.8 Å². The lowest BCUT2D eigenvalue weighted by Crippen LogP contribution is -2.04. The molecular formula is C7H12N2O2. The van der Waals surface area contributed by atoms with Gasteiger partial charge in [0.2, 0.25) is 0 Å². The van der Waals surface area contributed by atoms with Crippen LogP contribution in [0.4, 0.5) is 0 Å². The zero-order valence-electron chi connectivity index (χ0n) is 6.27. The second-order valence-electron chi connectivity index (χ2n) is 2.27. The van der Waals surface area contributed by atoms with Crippen molar-refractivity contribution in [1.29, 1.82) is 0 Å². The lowest BCUT2D eigenvalue weighted by molar-refractivity contribution is 0.255. The van der Waals surface area contributed by atoms with Crippen LogP contribution < -0.4 is 0 Å². The molecule has 0 bridgehead atoms. The highest BCUT2D eigenvalue weighted by Crippen LogP contribution is 1.98. The van der Waals surface area contributed by atoms with Crippen molar-refractivity contribution in [2.45, 2.75) is 19.6 Å². The molecule has 0 spiro atoms. The summed E-state index contributed by atoms with van der Waals surface area (Å²) >= 11 is 0. The molecule has 0 radical (unpaired) electrons. The molecule has 0 saturated heterocycles. The van der Waals surface area contributed by atoms with Crippen molar-refractivity contribution in [3.05, 3.63) is 18.2 Å². The highest BCUT2D eigenvalue weighted by atomic mass is 16.3. The molecule has 0 aromatic carbocycles. The van der Waals surface area contributed by atoms with Crippen LogP contribution in [-0.2, 0) is 13.2 Å². The van der Waals surface area contributed by atoms with E-state index in [0.717, 1.165) is 0 Å². The summed E-state index contributed by atoms with van der Waals surface area (Å²) < 4.78 is 1.83. The lowest BCUT2D eigenvalue weighted by Gasteiger charge is -2.02. The van der Waals surface area contributed by atoms with Crippen molar-refractivity contribution < 1.29 is 10.2 Å². The maximum atomic E-state index is 8.76. The Balaban J connectivity index is 2.54. The van der Waals surface area contributed by atoms with E-state index in [2.05, 4.69) is 4.98 Å². The monoisotopic (exact) mass is 156 g/mol. The molecule has 0 fully saturated rings. The number of aliphatic hydroxyl groups excluding tert-OH is 2. The fourth-order valence-corrected chi connectivity index (χ4v) is 0.936. The number of aliphatic hydroxyl groups is 2. The number of nitrogens with zero attached hydrogens (tertiary/aromatic N) is 2. The molecular weight excluding hydrogens is 144 g/mol. The Labute approximate surface area is 65.1 Å². The van der Waals surface area contributed by atoms with Gasteiger partial charge in [-0.2, -0.15) is 0 Å². The lowest BCUT2D eigenvalue weighted by atomic mass is 10.4. The van der Waals surface area contributed by atoms with Gasteiger partial charge in [0.15, 0.2) is 0 Å². The Hall–Kier alpha value is -0.870. The number of hydrogen-bond acceptors (Lipinski definition) is 3. The fourth-order valence-electron chi connectivity index (χ4n) is 0.936. The smallest absolute Gasteiger partial charge is 0.134 e. The number of aromatic nitrogens is 2. The van der Waals surface area contributed by atoms with E-state index < -0.39 is 0 Å². The largest absolute Gasteiger partial charge is 0.396 e. The molecule has 4 heteroatoms. The van der Waals surface area contributed by atoms with Gasteiger partial charge in [0.25, 0.3) is 0 Å². The van der Waals surface area contributed by atoms with Crippen LogP contribution >= 0.6 is 0 Å². The van der Waals surface area contributed by atoms with Crippen LogP contribution in [0, 0.1) is 0 Å². The maximum Gasteiger partial charge on any atom is 0.134 e. The Morgan fingerprint density at radius 1 is 1.45 bits per heavy atom. The molecule has 1 heterocycles. The summed E-state index contributed by atoms with van der Waals surface area (Å²) in [6, 6.07) is 0. The second kappa shape index (κ2) is 4.10. The predicted octanol–water partition coefficient (Wildman–Crippen LogP) is -0.242. The molecule has 2 N–H and O–H groups in total. The van der Waals surface area contributed by atoms with Crippen LogP contribution in [0.2, 0.25) is 0 Å². The first-order chi connectivity index (χ1) is 5.38. The van der Waals surface area contributed by atoms with Gasteiger partial charge in [0.05, 0.1) is 0 Å². The van der Waals surface area contributed by atoms with Gasteiger partial charge in [-0.15, -0.1) is 0 Å². The summed E-state index contributed by atoms with van der Waals surface area (Å²) in [5.74, 6) is 0.651. The standard InChI is InChI=1S/C7H12N2O2/c10-5-1-3-9-4-2-8-7(9)6-11/h2,4,10-11H,1,3,5-6H2. The van der Waals surface area contributed by atoms with Crippen LogP contribution in [0.5, 0.6) is 0 Å². The molecule has 11 heavy (non-hydrogen) atoms. The predicted molar refractivity (Wildman–Crippen MR) is 39.9 cm³/mol. The topological polar surface area (TPSA) is 58.3 Å². The van der Waals surface area contributed by atoms with Gasteiger partial charge in [-0.3, -0.25) is 0 Å². The van der Waals surface area contributed by atoms with Crippen molar-refractivity contribution in [3.63, 3.8) is 0 Å². The van der Waals surface area contributed by atoms with Crippen molar-refractivity contribution in [2.75, 3.05) is 6.61 Å². The fraction of sp³-hybridized carbons (Fsp3) is 0.571. The van der Waals surface area contributed by atoms with E-state index >= 15 is 0 Å². The molecule has 0 aliphatic heterocycles. The summed E-state index contributed by atoms with van der Waals surface area (Å²) in [4.78, 5) is 3.92. The molecule has 0 atom stereocenters. The summed E-state index contributed by atoms with van der Waals surface area (Å²) in [6.07, 6.45) is 4.13. The van der Waals surface area contributed by atoms with Crippen LogP contribution in [0.15, 0.2) is 12.4 Å². The van der Waals surface area contributed by atoms with E-state index in [-0.39, 0.29) is 13.2 Å². The van der Waals surface area contributed by atoms with E-state index in [1.165, 1.54) is 0 Å². The Bertz CT molecular complexity index is 210. The average molecular weight is 156 g/mol. The van der Waals surface area contributed by atoms with Crippen LogP contribution in [0.3, 0.4) is 0 Å². The zero-order chi connectivity index (χ0) is 8.10. The average Bonchev–Trinajstić information content (AvgIpc) is 2.47. The first-order valence-corrected chi connectivity index (χ1v) is 3.60. The third kappa shape index (κ3) is 2.03. The Morgan fingerprint density at radius 3 is 2.91 bits per heavy atom. The number of imidazole rings is 1. The van der Waals surface area contributed by atoms with Gasteiger partial charge < -0.3 is 14.8 Å².